The summed E-state index contributed by atoms with van der Waals surface area (Å²) in [6.07, 6.45) is 0.749. The van der Waals surface area contributed by atoms with E-state index in [0.29, 0.717) is 17.1 Å². The van der Waals surface area contributed by atoms with E-state index in [1.54, 1.807) is 18.2 Å². The number of hydrogen-bond acceptors (Lipinski definition) is 5. The third kappa shape index (κ3) is 4.56. The van der Waals surface area contributed by atoms with E-state index in [9.17, 15) is 18.0 Å². The van der Waals surface area contributed by atoms with Crippen molar-refractivity contribution >= 4 is 44.8 Å². The van der Waals surface area contributed by atoms with Crippen LogP contribution in [0.5, 0.6) is 0 Å². The number of carbonyl (C=O) groups excluding carboxylic acids is 2. The Balaban J connectivity index is 1.70. The van der Waals surface area contributed by atoms with Gasteiger partial charge in [0.25, 0.3) is 0 Å². The maximum Gasteiger partial charge on any atom is 0.234 e. The molecular weight excluding hydrogens is 396 g/mol. The van der Waals surface area contributed by atoms with E-state index in [0.717, 1.165) is 16.9 Å². The fourth-order valence-electron chi connectivity index (χ4n) is 2.88. The Labute approximate surface area is 169 Å². The Morgan fingerprint density at radius 2 is 1.93 bits per heavy atom. The van der Waals surface area contributed by atoms with E-state index in [1.165, 1.54) is 30.8 Å². The van der Waals surface area contributed by atoms with Crippen LogP contribution in [0.3, 0.4) is 0 Å². The Kier molecular flexibility index (Phi) is 6.10. The van der Waals surface area contributed by atoms with Crippen LogP contribution in [-0.4, -0.2) is 31.2 Å². The molecule has 1 aliphatic rings. The van der Waals surface area contributed by atoms with Gasteiger partial charge < -0.3 is 10.6 Å². The highest BCUT2D eigenvalue weighted by molar-refractivity contribution is 8.00. The minimum absolute atomic E-state index is 0.0987. The van der Waals surface area contributed by atoms with Gasteiger partial charge in [-0.05, 0) is 49.2 Å². The molecule has 148 valence electrons. The van der Waals surface area contributed by atoms with Gasteiger partial charge in [0.2, 0.25) is 11.8 Å². The van der Waals surface area contributed by atoms with Crippen molar-refractivity contribution in [2.24, 2.45) is 0 Å². The lowest BCUT2D eigenvalue weighted by Gasteiger charge is -2.18. The highest BCUT2D eigenvalue weighted by atomic mass is 32.2. The predicted octanol–water partition coefficient (Wildman–Crippen LogP) is 3.48. The summed E-state index contributed by atoms with van der Waals surface area (Å²) in [5.41, 5.74) is 2.29. The SMILES string of the molecule is CCc1ccc(NC(=O)C[C@@H](C)S(=O)(=O)c2ccc3c(c2)NC(=O)CS3)cc1. The zero-order chi connectivity index (χ0) is 20.3. The summed E-state index contributed by atoms with van der Waals surface area (Å²) < 4.78 is 25.7. The van der Waals surface area contributed by atoms with Crippen LogP contribution in [0.2, 0.25) is 0 Å². The van der Waals surface area contributed by atoms with Crippen molar-refractivity contribution in [3.05, 3.63) is 48.0 Å². The standard InChI is InChI=1S/C20H22N2O4S2/c1-3-14-4-6-15(7-5-14)21-19(23)10-13(2)28(25,26)16-8-9-18-17(11-16)22-20(24)12-27-18/h4-9,11,13H,3,10,12H2,1-2H3,(H,21,23)(H,22,24)/t13-/m1/s1. The van der Waals surface area contributed by atoms with Gasteiger partial charge >= 0.3 is 0 Å². The van der Waals surface area contributed by atoms with Crippen LogP contribution in [0, 0.1) is 0 Å². The van der Waals surface area contributed by atoms with Crippen molar-refractivity contribution in [1.82, 2.24) is 0 Å². The van der Waals surface area contributed by atoms with E-state index in [1.807, 2.05) is 19.1 Å². The van der Waals surface area contributed by atoms with Crippen molar-refractivity contribution in [3.8, 4) is 0 Å². The first-order chi connectivity index (χ1) is 13.3. The molecule has 2 aromatic rings. The summed E-state index contributed by atoms with van der Waals surface area (Å²) in [6, 6.07) is 12.1. The second-order valence-electron chi connectivity index (χ2n) is 6.65. The van der Waals surface area contributed by atoms with E-state index < -0.39 is 15.1 Å². The molecule has 0 unspecified atom stereocenters. The van der Waals surface area contributed by atoms with Gasteiger partial charge in [-0.15, -0.1) is 11.8 Å². The molecule has 0 saturated carbocycles. The first-order valence-corrected chi connectivity index (χ1v) is 11.5. The number of amides is 2. The summed E-state index contributed by atoms with van der Waals surface area (Å²) in [5, 5.41) is 4.53. The molecule has 0 bridgehead atoms. The molecule has 6 nitrogen and oxygen atoms in total. The second-order valence-corrected chi connectivity index (χ2v) is 10.0. The van der Waals surface area contributed by atoms with Crippen molar-refractivity contribution < 1.29 is 18.0 Å². The molecule has 2 aromatic carbocycles. The van der Waals surface area contributed by atoms with Crippen LogP contribution >= 0.6 is 11.8 Å². The molecule has 2 N–H and O–H groups in total. The largest absolute Gasteiger partial charge is 0.326 e. The molecule has 28 heavy (non-hydrogen) atoms. The Morgan fingerprint density at radius 3 is 2.61 bits per heavy atom. The smallest absolute Gasteiger partial charge is 0.234 e. The average Bonchev–Trinajstić information content (AvgIpc) is 2.67. The monoisotopic (exact) mass is 418 g/mol. The van der Waals surface area contributed by atoms with Crippen molar-refractivity contribution in [2.45, 2.75) is 41.7 Å². The molecule has 0 radical (unpaired) electrons. The molecule has 0 aromatic heterocycles. The lowest BCUT2D eigenvalue weighted by atomic mass is 10.1. The minimum Gasteiger partial charge on any atom is -0.326 e. The molecule has 0 saturated heterocycles. The number of thioether (sulfide) groups is 1. The zero-order valence-corrected chi connectivity index (χ0v) is 17.3. The summed E-state index contributed by atoms with van der Waals surface area (Å²) in [4.78, 5) is 24.8. The van der Waals surface area contributed by atoms with Gasteiger partial charge in [0, 0.05) is 17.0 Å². The van der Waals surface area contributed by atoms with E-state index in [2.05, 4.69) is 10.6 Å². The molecule has 8 heteroatoms. The fourth-order valence-corrected chi connectivity index (χ4v) is 5.04. The molecule has 0 fully saturated rings. The summed E-state index contributed by atoms with van der Waals surface area (Å²) in [5.74, 6) is -0.203. The quantitative estimate of drug-likeness (QED) is 0.749. The van der Waals surface area contributed by atoms with Gasteiger partial charge in [-0.3, -0.25) is 9.59 Å². The summed E-state index contributed by atoms with van der Waals surface area (Å²) in [6.45, 7) is 3.56. The maximum absolute atomic E-state index is 12.9. The third-order valence-electron chi connectivity index (χ3n) is 4.56. The van der Waals surface area contributed by atoms with Crippen LogP contribution in [0.15, 0.2) is 52.3 Å². The van der Waals surface area contributed by atoms with Crippen molar-refractivity contribution in [2.75, 3.05) is 16.4 Å². The molecule has 0 aliphatic carbocycles. The van der Waals surface area contributed by atoms with E-state index in [-0.39, 0.29) is 23.1 Å². The van der Waals surface area contributed by atoms with Gasteiger partial charge in [-0.2, -0.15) is 0 Å². The summed E-state index contributed by atoms with van der Waals surface area (Å²) >= 11 is 1.37. The van der Waals surface area contributed by atoms with Crippen LogP contribution in [0.1, 0.15) is 25.8 Å². The number of rotatable bonds is 6. The molecule has 0 spiro atoms. The average molecular weight is 419 g/mol. The van der Waals surface area contributed by atoms with Crippen LogP contribution < -0.4 is 10.6 Å². The van der Waals surface area contributed by atoms with Crippen LogP contribution in [0.4, 0.5) is 11.4 Å². The van der Waals surface area contributed by atoms with E-state index >= 15 is 0 Å². The number of anilines is 2. The van der Waals surface area contributed by atoms with Gasteiger partial charge in [0.15, 0.2) is 9.84 Å². The zero-order valence-electron chi connectivity index (χ0n) is 15.7. The van der Waals surface area contributed by atoms with Gasteiger partial charge in [0.1, 0.15) is 0 Å². The predicted molar refractivity (Wildman–Crippen MR) is 112 cm³/mol. The highest BCUT2D eigenvalue weighted by Crippen LogP contribution is 2.34. The first kappa shape index (κ1) is 20.4. The van der Waals surface area contributed by atoms with E-state index in [4.69, 9.17) is 0 Å². The number of sulfone groups is 1. The lowest BCUT2D eigenvalue weighted by Crippen LogP contribution is -2.25. The number of fused-ring (bicyclic) bond motifs is 1. The number of nitrogens with one attached hydrogen (secondary N) is 2. The Hall–Kier alpha value is -2.32. The highest BCUT2D eigenvalue weighted by Gasteiger charge is 2.27. The van der Waals surface area contributed by atoms with Gasteiger partial charge in [0.05, 0.1) is 21.6 Å². The lowest BCUT2D eigenvalue weighted by molar-refractivity contribution is -0.116. The van der Waals surface area contributed by atoms with Crippen LogP contribution in [-0.2, 0) is 25.8 Å². The summed E-state index contributed by atoms with van der Waals surface area (Å²) in [7, 11) is -3.71. The van der Waals surface area contributed by atoms with Gasteiger partial charge in [-0.1, -0.05) is 19.1 Å². The number of carbonyl (C=O) groups is 2. The topological polar surface area (TPSA) is 92.3 Å². The molecule has 1 aliphatic heterocycles. The number of hydrogen-bond donors (Lipinski definition) is 2. The fraction of sp³-hybridized carbons (Fsp3) is 0.300. The Morgan fingerprint density at radius 1 is 1.21 bits per heavy atom. The first-order valence-electron chi connectivity index (χ1n) is 8.99. The normalized spacial score (nSPS) is 14.7. The van der Waals surface area contributed by atoms with Crippen molar-refractivity contribution in [1.29, 1.82) is 0 Å². The molecular formula is C20H22N2O4S2. The Bertz CT molecular complexity index is 1000. The maximum atomic E-state index is 12.9. The molecule has 1 atom stereocenters. The number of aryl methyl sites for hydroxylation is 1. The molecule has 1 heterocycles. The third-order valence-corrected chi connectivity index (χ3v) is 7.77. The minimum atomic E-state index is -3.71. The van der Waals surface area contributed by atoms with Crippen LogP contribution in [0.25, 0.3) is 0 Å². The second kappa shape index (κ2) is 8.36. The molecule has 2 amide bonds. The van der Waals surface area contributed by atoms with Crippen molar-refractivity contribution in [3.63, 3.8) is 0 Å². The number of benzene rings is 2. The molecule has 3 rings (SSSR count). The van der Waals surface area contributed by atoms with Gasteiger partial charge in [-0.25, -0.2) is 8.42 Å².